The summed E-state index contributed by atoms with van der Waals surface area (Å²) in [6.07, 6.45) is -0.703. The molecule has 0 fully saturated rings. The Morgan fingerprint density at radius 3 is 1.97 bits per heavy atom. The van der Waals surface area contributed by atoms with Crippen LogP contribution in [0.3, 0.4) is 0 Å². The van der Waals surface area contributed by atoms with Crippen LogP contribution in [0.25, 0.3) is 0 Å². The van der Waals surface area contributed by atoms with Gasteiger partial charge in [0.25, 0.3) is 0 Å². The van der Waals surface area contributed by atoms with Gasteiger partial charge in [-0.1, -0.05) is 28.1 Å². The van der Waals surface area contributed by atoms with E-state index in [4.69, 9.17) is 15.3 Å². The number of carbonyl (C=O) groups excluding carboxylic acids is 1. The molecule has 1 rings (SSSR count). The zero-order valence-corrected chi connectivity index (χ0v) is 18.0. The van der Waals surface area contributed by atoms with Crippen molar-refractivity contribution in [3.8, 4) is 0 Å². The van der Waals surface area contributed by atoms with Crippen molar-refractivity contribution in [3.63, 3.8) is 0 Å². The number of aliphatic hydroxyl groups excluding tert-OH is 1. The van der Waals surface area contributed by atoms with Crippen molar-refractivity contribution in [2.75, 3.05) is 6.54 Å². The summed E-state index contributed by atoms with van der Waals surface area (Å²) in [6, 6.07) is 4.43. The fraction of sp³-hybridized carbons (Fsp3) is 0.526. The minimum atomic E-state index is -1.69. The maximum atomic E-state index is 11.9. The first-order valence-electron chi connectivity index (χ1n) is 9.53. The van der Waals surface area contributed by atoms with Gasteiger partial charge in [0.2, 0.25) is 0 Å². The summed E-state index contributed by atoms with van der Waals surface area (Å²) in [7, 11) is 0. The number of hydrogen-bond donors (Lipinski definition) is 7. The van der Waals surface area contributed by atoms with E-state index in [-0.39, 0.29) is 19.3 Å². The Bertz CT molecular complexity index is 685. The van der Waals surface area contributed by atoms with Gasteiger partial charge < -0.3 is 36.4 Å². The van der Waals surface area contributed by atoms with Crippen LogP contribution in [-0.4, -0.2) is 63.3 Å². The van der Waals surface area contributed by atoms with Crippen molar-refractivity contribution >= 4 is 33.9 Å². The Morgan fingerprint density at radius 1 is 0.867 bits per heavy atom. The summed E-state index contributed by atoms with van der Waals surface area (Å²) >= 11 is 3.37. The molecular formula is C19H28BrN3O7. The quantitative estimate of drug-likeness (QED) is 0.150. The number of carboxylic acids is 2. The van der Waals surface area contributed by atoms with Gasteiger partial charge in [-0.25, -0.2) is 14.4 Å². The Balaban J connectivity index is 2.33. The van der Waals surface area contributed by atoms with Crippen LogP contribution in [-0.2, 0) is 16.1 Å². The van der Waals surface area contributed by atoms with E-state index < -0.39 is 36.3 Å². The molecule has 0 saturated heterocycles. The van der Waals surface area contributed by atoms with Gasteiger partial charge in [0, 0.05) is 17.4 Å². The first-order chi connectivity index (χ1) is 14.2. The van der Waals surface area contributed by atoms with Crippen molar-refractivity contribution in [2.45, 2.75) is 57.0 Å². The fourth-order valence-corrected chi connectivity index (χ4v) is 2.89. The standard InChI is InChI=1S/C19H28BrN3O7/c20-13-6-4-12(5-7-13)11-21-10-2-1-3-14(17(26)27)22-19(30)23-15(18(28)29)8-9-16(24)25/h4-7,14-16,21,24-25H,1-3,8-11H2,(H,26,27)(H,28,29)(H2,22,23,30)/t14-,15-/m0/s1. The number of hydrogen-bond acceptors (Lipinski definition) is 6. The van der Waals surface area contributed by atoms with E-state index in [9.17, 15) is 19.5 Å². The number of aliphatic carboxylic acids is 2. The molecule has 168 valence electrons. The fourth-order valence-electron chi connectivity index (χ4n) is 2.62. The number of halogens is 1. The highest BCUT2D eigenvalue weighted by molar-refractivity contribution is 9.10. The molecule has 1 aromatic carbocycles. The zero-order chi connectivity index (χ0) is 22.5. The monoisotopic (exact) mass is 489 g/mol. The number of urea groups is 1. The summed E-state index contributed by atoms with van der Waals surface area (Å²) in [5.74, 6) is -2.57. The average Bonchev–Trinajstić information content (AvgIpc) is 2.67. The lowest BCUT2D eigenvalue weighted by atomic mass is 10.1. The molecule has 0 unspecified atom stereocenters. The van der Waals surface area contributed by atoms with Crippen molar-refractivity contribution in [3.05, 3.63) is 34.3 Å². The van der Waals surface area contributed by atoms with Gasteiger partial charge in [-0.15, -0.1) is 0 Å². The first-order valence-corrected chi connectivity index (χ1v) is 10.3. The predicted octanol–water partition coefficient (Wildman–Crippen LogP) is 1.01. The zero-order valence-electron chi connectivity index (χ0n) is 16.4. The summed E-state index contributed by atoms with van der Waals surface area (Å²) in [6.45, 7) is 1.37. The van der Waals surface area contributed by atoms with Gasteiger partial charge in [-0.05, 0) is 49.9 Å². The number of benzene rings is 1. The first kappa shape index (κ1) is 25.8. The molecule has 2 atom stereocenters. The SMILES string of the molecule is O=C(N[C@@H](CCCCNCc1ccc(Br)cc1)C(=O)O)N[C@@H](CCC(O)O)C(=O)O. The molecule has 2 amide bonds. The maximum absolute atomic E-state index is 11.9. The predicted molar refractivity (Wildman–Crippen MR) is 112 cm³/mol. The molecule has 0 bridgehead atoms. The van der Waals surface area contributed by atoms with Gasteiger partial charge >= 0.3 is 18.0 Å². The largest absolute Gasteiger partial charge is 0.480 e. The van der Waals surface area contributed by atoms with Crippen LogP contribution in [0, 0.1) is 0 Å². The molecule has 0 aromatic heterocycles. The molecule has 0 saturated carbocycles. The van der Waals surface area contributed by atoms with E-state index in [1.165, 1.54) is 0 Å². The van der Waals surface area contributed by atoms with Crippen LogP contribution in [0.15, 0.2) is 28.7 Å². The summed E-state index contributed by atoms with van der Waals surface area (Å²) in [5, 5.41) is 43.6. The third-order valence-corrected chi connectivity index (χ3v) is 4.79. The molecule has 10 nitrogen and oxygen atoms in total. The van der Waals surface area contributed by atoms with Crippen LogP contribution >= 0.6 is 15.9 Å². The van der Waals surface area contributed by atoms with Gasteiger partial charge in [0.1, 0.15) is 12.1 Å². The number of aliphatic hydroxyl groups is 2. The third kappa shape index (κ3) is 11.1. The maximum Gasteiger partial charge on any atom is 0.326 e. The van der Waals surface area contributed by atoms with Crippen molar-refractivity contribution in [1.82, 2.24) is 16.0 Å². The minimum Gasteiger partial charge on any atom is -0.480 e. The number of nitrogens with one attached hydrogen (secondary N) is 3. The molecule has 7 N–H and O–H groups in total. The Morgan fingerprint density at radius 2 is 1.43 bits per heavy atom. The highest BCUT2D eigenvalue weighted by Crippen LogP contribution is 2.10. The molecule has 0 aliphatic rings. The molecule has 0 spiro atoms. The molecular weight excluding hydrogens is 462 g/mol. The second kappa shape index (κ2) is 13.9. The lowest BCUT2D eigenvalue weighted by molar-refractivity contribution is -0.140. The Labute approximate surface area is 182 Å². The molecule has 0 aliphatic heterocycles. The van der Waals surface area contributed by atoms with E-state index in [0.29, 0.717) is 25.9 Å². The third-order valence-electron chi connectivity index (χ3n) is 4.26. The summed E-state index contributed by atoms with van der Waals surface area (Å²) < 4.78 is 1.00. The number of rotatable bonds is 14. The summed E-state index contributed by atoms with van der Waals surface area (Å²) in [4.78, 5) is 34.4. The van der Waals surface area contributed by atoms with Gasteiger partial charge in [-0.3, -0.25) is 0 Å². The molecule has 30 heavy (non-hydrogen) atoms. The molecule has 0 heterocycles. The molecule has 0 radical (unpaired) electrons. The van der Waals surface area contributed by atoms with E-state index >= 15 is 0 Å². The number of unbranched alkanes of at least 4 members (excludes halogenated alkanes) is 1. The second-order valence-electron chi connectivity index (χ2n) is 6.76. The highest BCUT2D eigenvalue weighted by Gasteiger charge is 2.24. The molecule has 1 aromatic rings. The smallest absolute Gasteiger partial charge is 0.326 e. The molecule has 0 aliphatic carbocycles. The Hall–Kier alpha value is -2.21. The minimum absolute atomic E-state index is 0.190. The van der Waals surface area contributed by atoms with E-state index in [1.807, 2.05) is 24.3 Å². The lowest BCUT2D eigenvalue weighted by Crippen LogP contribution is -2.51. The van der Waals surface area contributed by atoms with E-state index in [0.717, 1.165) is 10.0 Å². The van der Waals surface area contributed by atoms with Crippen LogP contribution in [0.1, 0.15) is 37.7 Å². The lowest BCUT2D eigenvalue weighted by Gasteiger charge is -2.19. The van der Waals surface area contributed by atoms with Gasteiger partial charge in [-0.2, -0.15) is 0 Å². The number of carboxylic acid groups (broad SMARTS) is 2. The van der Waals surface area contributed by atoms with E-state index in [1.54, 1.807) is 0 Å². The van der Waals surface area contributed by atoms with Crippen LogP contribution in [0.2, 0.25) is 0 Å². The topological polar surface area (TPSA) is 168 Å². The van der Waals surface area contributed by atoms with E-state index in [2.05, 4.69) is 31.9 Å². The van der Waals surface area contributed by atoms with Crippen molar-refractivity contribution in [1.29, 1.82) is 0 Å². The van der Waals surface area contributed by atoms with Crippen LogP contribution < -0.4 is 16.0 Å². The van der Waals surface area contributed by atoms with Crippen LogP contribution in [0.5, 0.6) is 0 Å². The summed E-state index contributed by atoms with van der Waals surface area (Å²) in [5.41, 5.74) is 1.13. The highest BCUT2D eigenvalue weighted by atomic mass is 79.9. The van der Waals surface area contributed by atoms with Crippen molar-refractivity contribution < 1.29 is 34.8 Å². The normalized spacial score (nSPS) is 12.9. The Kier molecular flexibility index (Phi) is 12.0. The molecule has 11 heteroatoms. The number of amides is 2. The second-order valence-corrected chi connectivity index (χ2v) is 7.67. The van der Waals surface area contributed by atoms with Crippen molar-refractivity contribution in [2.24, 2.45) is 0 Å². The van der Waals surface area contributed by atoms with Gasteiger partial charge in [0.05, 0.1) is 0 Å². The number of carbonyl (C=O) groups is 3. The average molecular weight is 490 g/mol. The van der Waals surface area contributed by atoms with Crippen LogP contribution in [0.4, 0.5) is 4.79 Å². The van der Waals surface area contributed by atoms with Gasteiger partial charge in [0.15, 0.2) is 6.29 Å².